The van der Waals surface area contributed by atoms with Crippen LogP contribution >= 0.6 is 0 Å². The van der Waals surface area contributed by atoms with Crippen LogP contribution in [0.15, 0.2) is 83.3 Å². The fraction of sp³-hybridized carbons (Fsp3) is 0.286. The molecule has 0 radical (unpaired) electrons. The van der Waals surface area contributed by atoms with Gasteiger partial charge >= 0.3 is 11.9 Å². The van der Waals surface area contributed by atoms with Crippen molar-refractivity contribution in [3.05, 3.63) is 95.9 Å². The van der Waals surface area contributed by atoms with Gasteiger partial charge in [0.25, 0.3) is 0 Å². The number of rotatable bonds is 13. The van der Waals surface area contributed by atoms with E-state index in [2.05, 4.69) is 0 Å². The first-order chi connectivity index (χ1) is 20.7. The first-order valence-electron chi connectivity index (χ1n) is 14.3. The van der Waals surface area contributed by atoms with E-state index in [1.54, 1.807) is 58.0 Å². The number of aryl methyl sites for hydroxylation is 1. The summed E-state index contributed by atoms with van der Waals surface area (Å²) in [5.41, 5.74) is 3.58. The van der Waals surface area contributed by atoms with Crippen molar-refractivity contribution in [3.63, 3.8) is 0 Å². The maximum atomic E-state index is 12.1. The molecule has 0 aliphatic rings. The van der Waals surface area contributed by atoms with Gasteiger partial charge in [-0.25, -0.2) is 14.6 Å². The second-order valence-corrected chi connectivity index (χ2v) is 10.2. The lowest BCUT2D eigenvalue weighted by atomic mass is 10.0. The number of hydrogen-bond acceptors (Lipinski definition) is 8. The minimum absolute atomic E-state index is 0.297. The van der Waals surface area contributed by atoms with Gasteiger partial charge in [-0.1, -0.05) is 36.4 Å². The summed E-state index contributed by atoms with van der Waals surface area (Å²) in [4.78, 5) is 28.4. The Morgan fingerprint density at radius 2 is 1.53 bits per heavy atom. The topological polar surface area (TPSA) is 97.1 Å². The highest BCUT2D eigenvalue weighted by Crippen LogP contribution is 2.28. The lowest BCUT2D eigenvalue weighted by Gasteiger charge is -2.24. The molecular weight excluding hydrogens is 546 g/mol. The van der Waals surface area contributed by atoms with Crippen molar-refractivity contribution in [1.29, 1.82) is 0 Å². The quantitative estimate of drug-likeness (QED) is 0.120. The molecule has 43 heavy (non-hydrogen) atoms. The molecule has 1 heterocycles. The number of carbonyl (C=O) groups excluding carboxylic acids is 2. The molecule has 0 saturated heterocycles. The predicted molar refractivity (Wildman–Crippen MR) is 165 cm³/mol. The molecule has 0 atom stereocenters. The van der Waals surface area contributed by atoms with E-state index in [4.69, 9.17) is 28.3 Å². The highest BCUT2D eigenvalue weighted by Gasteiger charge is 2.31. The van der Waals surface area contributed by atoms with Gasteiger partial charge in [0.1, 0.15) is 17.3 Å². The standard InChI is InChI=1S/C35H37NO7/c1-6-39-32(37)20-13-25-11-14-26(15-12-25)27-9-8-10-28(23-27)33-36-31(24(3)42-33)21-22-41-29-16-18-30(19-17-29)43-35(4,5)34(38)40-7-2/h8-20,23H,6-7,21-22H2,1-5H3/b20-13+. The molecule has 0 N–H and O–H groups in total. The van der Waals surface area contributed by atoms with Crippen LogP contribution in [0.3, 0.4) is 0 Å². The van der Waals surface area contributed by atoms with Crippen molar-refractivity contribution in [3.8, 4) is 34.1 Å². The molecule has 224 valence electrons. The highest BCUT2D eigenvalue weighted by molar-refractivity contribution is 5.87. The van der Waals surface area contributed by atoms with Crippen LogP contribution in [0, 0.1) is 6.92 Å². The smallest absolute Gasteiger partial charge is 0.349 e. The van der Waals surface area contributed by atoms with Gasteiger partial charge < -0.3 is 23.4 Å². The van der Waals surface area contributed by atoms with Crippen molar-refractivity contribution in [2.45, 2.75) is 46.6 Å². The molecule has 8 nitrogen and oxygen atoms in total. The lowest BCUT2D eigenvalue weighted by molar-refractivity contribution is -0.158. The minimum atomic E-state index is -1.09. The van der Waals surface area contributed by atoms with E-state index in [1.165, 1.54) is 6.08 Å². The zero-order valence-electron chi connectivity index (χ0n) is 25.2. The van der Waals surface area contributed by atoms with Gasteiger partial charge in [-0.3, -0.25) is 0 Å². The van der Waals surface area contributed by atoms with Crippen LogP contribution < -0.4 is 9.47 Å². The summed E-state index contributed by atoms with van der Waals surface area (Å²) in [7, 11) is 0. The third-order valence-electron chi connectivity index (χ3n) is 6.52. The molecule has 0 aliphatic carbocycles. The molecule has 0 spiro atoms. The number of nitrogens with zero attached hydrogens (tertiary/aromatic N) is 1. The number of hydrogen-bond donors (Lipinski definition) is 0. The number of benzene rings is 3. The van der Waals surface area contributed by atoms with Crippen molar-refractivity contribution in [1.82, 2.24) is 4.98 Å². The number of carbonyl (C=O) groups is 2. The van der Waals surface area contributed by atoms with Crippen LogP contribution in [0.5, 0.6) is 11.5 Å². The van der Waals surface area contributed by atoms with Crippen LogP contribution in [0.25, 0.3) is 28.7 Å². The summed E-state index contributed by atoms with van der Waals surface area (Å²) in [5, 5.41) is 0. The summed E-state index contributed by atoms with van der Waals surface area (Å²) < 4.78 is 27.7. The first kappa shape index (κ1) is 31.1. The fourth-order valence-electron chi connectivity index (χ4n) is 4.27. The number of ether oxygens (including phenoxy) is 4. The molecule has 1 aromatic heterocycles. The molecule has 0 bridgehead atoms. The molecule has 4 aromatic rings. The van der Waals surface area contributed by atoms with Crippen LogP contribution in [0.4, 0.5) is 0 Å². The summed E-state index contributed by atoms with van der Waals surface area (Å²) in [5.74, 6) is 1.74. The molecule has 0 unspecified atom stereocenters. The molecule has 0 saturated carbocycles. The molecule has 4 rings (SSSR count). The summed E-state index contributed by atoms with van der Waals surface area (Å²) in [6, 6.07) is 23.1. The second-order valence-electron chi connectivity index (χ2n) is 10.2. The number of oxazole rings is 1. The zero-order chi connectivity index (χ0) is 30.8. The van der Waals surface area contributed by atoms with E-state index in [9.17, 15) is 9.59 Å². The Balaban J connectivity index is 1.35. The SMILES string of the molecule is CCOC(=O)/C=C/c1ccc(-c2cccc(-c3nc(CCOc4ccc(OC(C)(C)C(=O)OCC)cc4)c(C)o3)c2)cc1. The largest absolute Gasteiger partial charge is 0.493 e. The average molecular weight is 584 g/mol. The van der Waals surface area contributed by atoms with Crippen molar-refractivity contribution < 1.29 is 33.0 Å². The molecule has 8 heteroatoms. The number of aromatic nitrogens is 1. The summed E-state index contributed by atoms with van der Waals surface area (Å²) >= 11 is 0. The highest BCUT2D eigenvalue weighted by atomic mass is 16.6. The lowest BCUT2D eigenvalue weighted by Crippen LogP contribution is -2.39. The monoisotopic (exact) mass is 583 g/mol. The normalized spacial score (nSPS) is 11.4. The Morgan fingerprint density at radius 3 is 2.23 bits per heavy atom. The van der Waals surface area contributed by atoms with E-state index < -0.39 is 11.6 Å². The Bertz CT molecular complexity index is 1550. The van der Waals surface area contributed by atoms with Crippen LogP contribution in [0.2, 0.25) is 0 Å². The minimum Gasteiger partial charge on any atom is -0.493 e. The third-order valence-corrected chi connectivity index (χ3v) is 6.52. The first-order valence-corrected chi connectivity index (χ1v) is 14.3. The van der Waals surface area contributed by atoms with E-state index >= 15 is 0 Å². The van der Waals surface area contributed by atoms with Crippen molar-refractivity contribution in [2.75, 3.05) is 19.8 Å². The molecular formula is C35H37NO7. The van der Waals surface area contributed by atoms with E-state index in [0.29, 0.717) is 43.6 Å². The van der Waals surface area contributed by atoms with Gasteiger partial charge in [0.05, 0.1) is 25.5 Å². The third kappa shape index (κ3) is 8.58. The molecule has 3 aromatic carbocycles. The predicted octanol–water partition coefficient (Wildman–Crippen LogP) is 7.24. The Kier molecular flexibility index (Phi) is 10.4. The van der Waals surface area contributed by atoms with E-state index in [1.807, 2.05) is 55.5 Å². The van der Waals surface area contributed by atoms with Crippen LogP contribution in [0.1, 0.15) is 44.7 Å². The van der Waals surface area contributed by atoms with Gasteiger partial charge in [-0.15, -0.1) is 0 Å². The molecule has 0 fully saturated rings. The number of esters is 2. The molecule has 0 amide bonds. The van der Waals surface area contributed by atoms with Crippen LogP contribution in [-0.4, -0.2) is 42.3 Å². The van der Waals surface area contributed by atoms with Crippen molar-refractivity contribution >= 4 is 18.0 Å². The Hall–Kier alpha value is -4.85. The fourth-order valence-corrected chi connectivity index (χ4v) is 4.27. The summed E-state index contributed by atoms with van der Waals surface area (Å²) in [6.45, 7) is 9.85. The second kappa shape index (κ2) is 14.4. The van der Waals surface area contributed by atoms with Gasteiger partial charge in [0.2, 0.25) is 5.89 Å². The molecule has 0 aliphatic heterocycles. The maximum Gasteiger partial charge on any atom is 0.349 e. The van der Waals surface area contributed by atoms with E-state index in [-0.39, 0.29) is 5.97 Å². The van der Waals surface area contributed by atoms with Crippen LogP contribution in [-0.2, 0) is 25.5 Å². The average Bonchev–Trinajstić information content (AvgIpc) is 3.37. The van der Waals surface area contributed by atoms with E-state index in [0.717, 1.165) is 33.7 Å². The van der Waals surface area contributed by atoms with Crippen molar-refractivity contribution in [2.24, 2.45) is 0 Å². The summed E-state index contributed by atoms with van der Waals surface area (Å²) in [6.07, 6.45) is 3.73. The van der Waals surface area contributed by atoms with Gasteiger partial charge in [0, 0.05) is 18.1 Å². The van der Waals surface area contributed by atoms with Gasteiger partial charge in [0.15, 0.2) is 5.60 Å². The van der Waals surface area contributed by atoms with Gasteiger partial charge in [-0.2, -0.15) is 0 Å². The Labute approximate surface area is 252 Å². The van der Waals surface area contributed by atoms with Gasteiger partial charge in [-0.05, 0) is 93.8 Å². The maximum absolute atomic E-state index is 12.1. The zero-order valence-corrected chi connectivity index (χ0v) is 25.2. The Morgan fingerprint density at radius 1 is 0.860 bits per heavy atom.